The summed E-state index contributed by atoms with van der Waals surface area (Å²) in [6.07, 6.45) is 3.27. The number of amides is 1. The topological polar surface area (TPSA) is 83.8 Å². The molecule has 0 aliphatic carbocycles. The number of H-pyrrole nitrogens is 1. The van der Waals surface area contributed by atoms with Gasteiger partial charge in [-0.15, -0.1) is 0 Å². The molecule has 1 aromatic carbocycles. The summed E-state index contributed by atoms with van der Waals surface area (Å²) in [5.41, 5.74) is 5.59. The van der Waals surface area contributed by atoms with Crippen LogP contribution in [0.3, 0.4) is 0 Å². The lowest BCUT2D eigenvalue weighted by atomic mass is 10.1. The summed E-state index contributed by atoms with van der Waals surface area (Å²) < 4.78 is 13.2. The number of rotatable bonds is 3. The molecule has 0 saturated heterocycles. The molecule has 1 aromatic heterocycles. The summed E-state index contributed by atoms with van der Waals surface area (Å²) >= 11 is 0. The van der Waals surface area contributed by atoms with Crippen LogP contribution in [0.15, 0.2) is 30.6 Å². The van der Waals surface area contributed by atoms with Crippen molar-refractivity contribution in [2.45, 2.75) is 13.0 Å². The Labute approximate surface area is 103 Å². The van der Waals surface area contributed by atoms with Crippen molar-refractivity contribution in [2.75, 3.05) is 5.73 Å². The van der Waals surface area contributed by atoms with Gasteiger partial charge in [-0.3, -0.25) is 4.79 Å². The smallest absolute Gasteiger partial charge is 0.251 e. The van der Waals surface area contributed by atoms with E-state index in [-0.39, 0.29) is 23.2 Å². The zero-order valence-electron chi connectivity index (χ0n) is 9.77. The number of nitrogens with one attached hydrogen (secondary N) is 2. The van der Waals surface area contributed by atoms with Gasteiger partial charge in [0.05, 0.1) is 11.7 Å². The molecule has 1 heterocycles. The minimum atomic E-state index is -0.603. The molecule has 1 unspecified atom stereocenters. The number of nitrogens with zero attached hydrogens (tertiary/aromatic N) is 1. The van der Waals surface area contributed by atoms with E-state index < -0.39 is 5.82 Å². The molecule has 0 bridgehead atoms. The molecule has 0 spiro atoms. The van der Waals surface area contributed by atoms with Crippen LogP contribution in [-0.2, 0) is 0 Å². The van der Waals surface area contributed by atoms with Gasteiger partial charge in [0, 0.05) is 18.0 Å². The Morgan fingerprint density at radius 3 is 2.94 bits per heavy atom. The van der Waals surface area contributed by atoms with Gasteiger partial charge >= 0.3 is 0 Å². The molecule has 0 aliphatic heterocycles. The molecule has 94 valence electrons. The fraction of sp³-hybridized carbons (Fsp3) is 0.167. The van der Waals surface area contributed by atoms with E-state index in [1.54, 1.807) is 19.3 Å². The van der Waals surface area contributed by atoms with Crippen molar-refractivity contribution in [3.63, 3.8) is 0 Å². The number of carbonyl (C=O) groups is 1. The third kappa shape index (κ3) is 2.48. The van der Waals surface area contributed by atoms with Crippen molar-refractivity contribution in [3.05, 3.63) is 47.8 Å². The van der Waals surface area contributed by atoms with Crippen LogP contribution in [0.4, 0.5) is 10.1 Å². The Kier molecular flexibility index (Phi) is 3.27. The van der Waals surface area contributed by atoms with Crippen molar-refractivity contribution in [1.82, 2.24) is 15.3 Å². The minimum absolute atomic E-state index is 0.0191. The quantitative estimate of drug-likeness (QED) is 0.722. The van der Waals surface area contributed by atoms with Gasteiger partial charge in [-0.05, 0) is 25.1 Å². The Bertz CT molecular complexity index is 553. The predicted molar refractivity (Wildman–Crippen MR) is 65.3 cm³/mol. The second-order valence-corrected chi connectivity index (χ2v) is 3.91. The second-order valence-electron chi connectivity index (χ2n) is 3.91. The van der Waals surface area contributed by atoms with E-state index in [2.05, 4.69) is 15.3 Å². The van der Waals surface area contributed by atoms with Crippen molar-refractivity contribution in [3.8, 4) is 0 Å². The second kappa shape index (κ2) is 4.87. The van der Waals surface area contributed by atoms with Crippen molar-refractivity contribution in [1.29, 1.82) is 0 Å². The van der Waals surface area contributed by atoms with Gasteiger partial charge in [-0.2, -0.15) is 0 Å². The molecule has 0 aliphatic rings. The molecule has 18 heavy (non-hydrogen) atoms. The van der Waals surface area contributed by atoms with E-state index >= 15 is 0 Å². The van der Waals surface area contributed by atoms with Crippen molar-refractivity contribution >= 4 is 11.6 Å². The average Bonchev–Trinajstić information content (AvgIpc) is 2.86. The highest BCUT2D eigenvalue weighted by atomic mass is 19.1. The molecule has 6 heteroatoms. The first-order valence-electron chi connectivity index (χ1n) is 5.43. The van der Waals surface area contributed by atoms with Gasteiger partial charge in [0.25, 0.3) is 5.91 Å². The molecule has 2 aromatic rings. The number of halogens is 1. The molecule has 5 nitrogen and oxygen atoms in total. The Morgan fingerprint density at radius 1 is 1.56 bits per heavy atom. The molecule has 1 amide bonds. The first-order chi connectivity index (χ1) is 8.58. The van der Waals surface area contributed by atoms with Crippen LogP contribution in [-0.4, -0.2) is 15.9 Å². The molecular weight excluding hydrogens is 235 g/mol. The Hall–Kier alpha value is -2.37. The summed E-state index contributed by atoms with van der Waals surface area (Å²) in [4.78, 5) is 18.8. The molecule has 0 saturated carbocycles. The maximum Gasteiger partial charge on any atom is 0.251 e. The van der Waals surface area contributed by atoms with Crippen LogP contribution >= 0.6 is 0 Å². The number of hydrogen-bond acceptors (Lipinski definition) is 3. The maximum atomic E-state index is 13.2. The average molecular weight is 248 g/mol. The van der Waals surface area contributed by atoms with Gasteiger partial charge in [-0.25, -0.2) is 9.37 Å². The van der Waals surface area contributed by atoms with E-state index in [1.165, 1.54) is 12.1 Å². The number of imidazole rings is 1. The Balaban J connectivity index is 2.10. The molecule has 4 N–H and O–H groups in total. The lowest BCUT2D eigenvalue weighted by Gasteiger charge is -2.11. The molecule has 0 radical (unpaired) electrons. The summed E-state index contributed by atoms with van der Waals surface area (Å²) in [6, 6.07) is 3.66. The maximum absolute atomic E-state index is 13.2. The van der Waals surface area contributed by atoms with Crippen LogP contribution < -0.4 is 11.1 Å². The van der Waals surface area contributed by atoms with Crippen LogP contribution in [0.5, 0.6) is 0 Å². The zero-order chi connectivity index (χ0) is 13.1. The van der Waals surface area contributed by atoms with Gasteiger partial charge in [-0.1, -0.05) is 0 Å². The highest BCUT2D eigenvalue weighted by molar-refractivity contribution is 5.94. The number of aromatic amines is 1. The van der Waals surface area contributed by atoms with E-state index in [0.717, 1.165) is 6.07 Å². The normalized spacial score (nSPS) is 12.1. The lowest BCUT2D eigenvalue weighted by molar-refractivity contribution is 0.0938. The molecular formula is C12H13FN4O. The first kappa shape index (κ1) is 12.1. The standard InChI is InChI=1S/C12H13FN4O/c1-7(11-15-4-5-16-11)17-12(18)8-2-3-10(14)9(13)6-8/h2-7H,14H2,1H3,(H,15,16)(H,17,18). The zero-order valence-corrected chi connectivity index (χ0v) is 9.77. The number of nitrogens with two attached hydrogens (primary N) is 1. The summed E-state index contributed by atoms with van der Waals surface area (Å²) in [6.45, 7) is 1.78. The molecule has 0 fully saturated rings. The van der Waals surface area contributed by atoms with Gasteiger partial charge in [0.1, 0.15) is 11.6 Å². The van der Waals surface area contributed by atoms with Crippen LogP contribution in [0.2, 0.25) is 0 Å². The summed E-state index contributed by atoms with van der Waals surface area (Å²) in [5.74, 6) is -0.342. The summed E-state index contributed by atoms with van der Waals surface area (Å²) in [5, 5.41) is 2.71. The van der Waals surface area contributed by atoms with Crippen molar-refractivity contribution < 1.29 is 9.18 Å². The van der Waals surface area contributed by atoms with Crippen molar-refractivity contribution in [2.24, 2.45) is 0 Å². The van der Waals surface area contributed by atoms with Gasteiger partial charge in [0.2, 0.25) is 0 Å². The minimum Gasteiger partial charge on any atom is -0.396 e. The monoisotopic (exact) mass is 248 g/mol. The van der Waals surface area contributed by atoms with Gasteiger partial charge < -0.3 is 16.0 Å². The highest BCUT2D eigenvalue weighted by Gasteiger charge is 2.14. The van der Waals surface area contributed by atoms with E-state index in [0.29, 0.717) is 5.82 Å². The fourth-order valence-electron chi connectivity index (χ4n) is 1.53. The van der Waals surface area contributed by atoms with E-state index in [1.807, 2.05) is 0 Å². The van der Waals surface area contributed by atoms with Crippen LogP contribution in [0, 0.1) is 5.82 Å². The van der Waals surface area contributed by atoms with E-state index in [4.69, 9.17) is 5.73 Å². The predicted octanol–water partition coefficient (Wildman–Crippen LogP) is 1.62. The SMILES string of the molecule is CC(NC(=O)c1ccc(N)c(F)c1)c1ncc[nH]1. The van der Waals surface area contributed by atoms with Crippen LogP contribution in [0.1, 0.15) is 29.1 Å². The molecule has 2 rings (SSSR count). The number of nitrogen functional groups attached to an aromatic ring is 1. The third-order valence-electron chi connectivity index (χ3n) is 2.54. The summed E-state index contributed by atoms with van der Waals surface area (Å²) in [7, 11) is 0. The third-order valence-corrected chi connectivity index (χ3v) is 2.54. The molecule has 1 atom stereocenters. The Morgan fingerprint density at radius 2 is 2.33 bits per heavy atom. The van der Waals surface area contributed by atoms with Gasteiger partial charge in [0.15, 0.2) is 0 Å². The largest absolute Gasteiger partial charge is 0.396 e. The highest BCUT2D eigenvalue weighted by Crippen LogP contribution is 2.13. The van der Waals surface area contributed by atoms with E-state index in [9.17, 15) is 9.18 Å². The number of aromatic nitrogens is 2. The number of benzene rings is 1. The lowest BCUT2D eigenvalue weighted by Crippen LogP contribution is -2.27. The number of carbonyl (C=O) groups excluding carboxylic acids is 1. The fourth-order valence-corrected chi connectivity index (χ4v) is 1.53. The van der Waals surface area contributed by atoms with Crippen LogP contribution in [0.25, 0.3) is 0 Å². The first-order valence-corrected chi connectivity index (χ1v) is 5.43. The number of anilines is 1. The number of hydrogen-bond donors (Lipinski definition) is 3.